The molecule has 1 fully saturated rings. The van der Waals surface area contributed by atoms with Gasteiger partial charge in [0.1, 0.15) is 0 Å². The van der Waals surface area contributed by atoms with Gasteiger partial charge in [-0.05, 0) is 54.9 Å². The molecule has 0 aromatic carbocycles. The van der Waals surface area contributed by atoms with Crippen molar-refractivity contribution >= 4 is 17.2 Å². The molecular formula is C12H16N2OS. The molecule has 1 amide bonds. The summed E-state index contributed by atoms with van der Waals surface area (Å²) in [7, 11) is 2.13. The van der Waals surface area contributed by atoms with Gasteiger partial charge < -0.3 is 10.2 Å². The first kappa shape index (κ1) is 10.3. The maximum Gasteiger partial charge on any atom is 0.231 e. The van der Waals surface area contributed by atoms with Crippen molar-refractivity contribution in [3.63, 3.8) is 0 Å². The van der Waals surface area contributed by atoms with Gasteiger partial charge in [-0.2, -0.15) is 11.3 Å². The standard InChI is InChI=1S/C12H16N2OS/c1-14-4-2-12(3-5-14)10-8-16-7-9(10)6-13-11(12)15/h7-8H,2-6H2,1H3,(H,13,15). The van der Waals surface area contributed by atoms with Crippen LogP contribution >= 0.6 is 11.3 Å². The predicted molar refractivity (Wildman–Crippen MR) is 64.6 cm³/mol. The quantitative estimate of drug-likeness (QED) is 0.737. The van der Waals surface area contributed by atoms with E-state index in [2.05, 4.69) is 28.0 Å². The minimum Gasteiger partial charge on any atom is -0.351 e. The molecule has 86 valence electrons. The number of thiophene rings is 1. The topological polar surface area (TPSA) is 32.3 Å². The summed E-state index contributed by atoms with van der Waals surface area (Å²) in [5.74, 6) is 0.242. The molecule has 2 aliphatic heterocycles. The minimum absolute atomic E-state index is 0.222. The van der Waals surface area contributed by atoms with Gasteiger partial charge in [-0.15, -0.1) is 0 Å². The fourth-order valence-corrected chi connectivity index (χ4v) is 3.80. The highest BCUT2D eigenvalue weighted by Gasteiger charge is 2.45. The van der Waals surface area contributed by atoms with Crippen LogP contribution in [0, 0.1) is 0 Å². The fourth-order valence-electron chi connectivity index (χ4n) is 2.84. The Balaban J connectivity index is 2.03. The van der Waals surface area contributed by atoms with Gasteiger partial charge >= 0.3 is 0 Å². The minimum atomic E-state index is -0.222. The van der Waals surface area contributed by atoms with Crippen LogP contribution in [0.1, 0.15) is 24.0 Å². The van der Waals surface area contributed by atoms with Crippen LogP contribution in [-0.4, -0.2) is 30.9 Å². The second-order valence-corrected chi connectivity index (χ2v) is 5.62. The molecule has 0 aliphatic carbocycles. The Kier molecular flexibility index (Phi) is 2.30. The van der Waals surface area contributed by atoms with Gasteiger partial charge in [-0.25, -0.2) is 0 Å². The fraction of sp³-hybridized carbons (Fsp3) is 0.583. The number of nitrogens with zero attached hydrogens (tertiary/aromatic N) is 1. The zero-order chi connectivity index (χ0) is 11.2. The van der Waals surface area contributed by atoms with Crippen LogP contribution in [0.25, 0.3) is 0 Å². The molecule has 1 N–H and O–H groups in total. The monoisotopic (exact) mass is 236 g/mol. The second kappa shape index (κ2) is 3.57. The van der Waals surface area contributed by atoms with Gasteiger partial charge in [0, 0.05) is 6.54 Å². The van der Waals surface area contributed by atoms with Crippen molar-refractivity contribution in [2.75, 3.05) is 20.1 Å². The van der Waals surface area contributed by atoms with Gasteiger partial charge in [-0.3, -0.25) is 4.79 Å². The lowest BCUT2D eigenvalue weighted by atomic mass is 9.70. The number of hydrogen-bond acceptors (Lipinski definition) is 3. The van der Waals surface area contributed by atoms with Crippen LogP contribution in [0.15, 0.2) is 10.8 Å². The van der Waals surface area contributed by atoms with Crippen LogP contribution in [0.4, 0.5) is 0 Å². The molecule has 1 saturated heterocycles. The second-order valence-electron chi connectivity index (χ2n) is 4.88. The highest BCUT2D eigenvalue weighted by molar-refractivity contribution is 7.08. The van der Waals surface area contributed by atoms with Gasteiger partial charge in [0.05, 0.1) is 5.41 Å². The van der Waals surface area contributed by atoms with Gasteiger partial charge in [0.15, 0.2) is 0 Å². The van der Waals surface area contributed by atoms with Crippen molar-refractivity contribution in [3.8, 4) is 0 Å². The summed E-state index contributed by atoms with van der Waals surface area (Å²) >= 11 is 1.72. The van der Waals surface area contributed by atoms with Crippen molar-refractivity contribution in [3.05, 3.63) is 21.9 Å². The van der Waals surface area contributed by atoms with Crippen molar-refractivity contribution < 1.29 is 4.79 Å². The van der Waals surface area contributed by atoms with E-state index in [4.69, 9.17) is 0 Å². The number of rotatable bonds is 0. The molecule has 4 heteroatoms. The summed E-state index contributed by atoms with van der Waals surface area (Å²) in [6, 6.07) is 0. The zero-order valence-electron chi connectivity index (χ0n) is 9.45. The van der Waals surface area contributed by atoms with E-state index in [0.29, 0.717) is 0 Å². The van der Waals surface area contributed by atoms with Gasteiger partial charge in [0.25, 0.3) is 0 Å². The number of fused-ring (bicyclic) bond motifs is 2. The Bertz CT molecular complexity index is 418. The average Bonchev–Trinajstić information content (AvgIpc) is 2.76. The molecule has 0 unspecified atom stereocenters. The number of carbonyl (C=O) groups excluding carboxylic acids is 1. The van der Waals surface area contributed by atoms with E-state index in [1.807, 2.05) is 0 Å². The molecule has 0 saturated carbocycles. The number of amides is 1. The maximum atomic E-state index is 12.2. The largest absolute Gasteiger partial charge is 0.351 e. The summed E-state index contributed by atoms with van der Waals surface area (Å²) in [6.45, 7) is 2.75. The molecule has 16 heavy (non-hydrogen) atoms. The number of hydrogen-bond donors (Lipinski definition) is 1. The van der Waals surface area contributed by atoms with Crippen molar-refractivity contribution in [1.29, 1.82) is 0 Å². The van der Waals surface area contributed by atoms with Gasteiger partial charge in [-0.1, -0.05) is 0 Å². The first-order chi connectivity index (χ1) is 7.72. The normalized spacial score (nSPS) is 24.2. The van der Waals surface area contributed by atoms with Gasteiger partial charge in [0.2, 0.25) is 5.91 Å². The number of likely N-dealkylation sites (tertiary alicyclic amines) is 1. The SMILES string of the molecule is CN1CCC2(CC1)C(=O)NCc1cscc12. The maximum absolute atomic E-state index is 12.2. The van der Waals surface area contributed by atoms with Crippen LogP contribution in [-0.2, 0) is 16.8 Å². The van der Waals surface area contributed by atoms with E-state index in [-0.39, 0.29) is 11.3 Å². The highest BCUT2D eigenvalue weighted by Crippen LogP contribution is 2.41. The Labute approximate surface area is 99.5 Å². The van der Waals surface area contributed by atoms with Crippen LogP contribution in [0.2, 0.25) is 0 Å². The lowest BCUT2D eigenvalue weighted by molar-refractivity contribution is -0.129. The molecule has 0 radical (unpaired) electrons. The van der Waals surface area contributed by atoms with E-state index in [9.17, 15) is 4.79 Å². The van der Waals surface area contributed by atoms with Crippen molar-refractivity contribution in [2.24, 2.45) is 0 Å². The lowest BCUT2D eigenvalue weighted by Gasteiger charge is -2.42. The van der Waals surface area contributed by atoms with Crippen LogP contribution < -0.4 is 5.32 Å². The third kappa shape index (κ3) is 1.33. The number of nitrogens with one attached hydrogen (secondary N) is 1. The molecule has 1 spiro atoms. The number of piperidine rings is 1. The lowest BCUT2D eigenvalue weighted by Crippen LogP contribution is -2.53. The summed E-state index contributed by atoms with van der Waals surface area (Å²) in [4.78, 5) is 14.5. The molecular weight excluding hydrogens is 220 g/mol. The molecule has 3 heterocycles. The van der Waals surface area contributed by atoms with E-state index in [1.54, 1.807) is 11.3 Å². The Morgan fingerprint density at radius 3 is 2.88 bits per heavy atom. The Morgan fingerprint density at radius 1 is 1.38 bits per heavy atom. The smallest absolute Gasteiger partial charge is 0.231 e. The Morgan fingerprint density at radius 2 is 2.12 bits per heavy atom. The van der Waals surface area contributed by atoms with E-state index < -0.39 is 0 Å². The van der Waals surface area contributed by atoms with Crippen LogP contribution in [0.5, 0.6) is 0 Å². The highest BCUT2D eigenvalue weighted by atomic mass is 32.1. The summed E-state index contributed by atoms with van der Waals surface area (Å²) in [5.41, 5.74) is 2.41. The average molecular weight is 236 g/mol. The number of carbonyl (C=O) groups is 1. The molecule has 2 aliphatic rings. The predicted octanol–water partition coefficient (Wildman–Crippen LogP) is 1.34. The third-order valence-electron chi connectivity index (χ3n) is 3.97. The molecule has 1 aromatic rings. The molecule has 3 nitrogen and oxygen atoms in total. The summed E-state index contributed by atoms with van der Waals surface area (Å²) in [5, 5.41) is 7.40. The molecule has 0 atom stereocenters. The van der Waals surface area contributed by atoms with E-state index in [0.717, 1.165) is 32.5 Å². The van der Waals surface area contributed by atoms with Crippen molar-refractivity contribution in [1.82, 2.24) is 10.2 Å². The van der Waals surface area contributed by atoms with Crippen LogP contribution in [0.3, 0.4) is 0 Å². The summed E-state index contributed by atoms with van der Waals surface area (Å²) in [6.07, 6.45) is 1.91. The summed E-state index contributed by atoms with van der Waals surface area (Å²) < 4.78 is 0. The molecule has 3 rings (SSSR count). The first-order valence-electron chi connectivity index (χ1n) is 5.75. The van der Waals surface area contributed by atoms with E-state index in [1.165, 1.54) is 11.1 Å². The Hall–Kier alpha value is -0.870. The third-order valence-corrected chi connectivity index (χ3v) is 4.76. The molecule has 0 bridgehead atoms. The molecule has 1 aromatic heterocycles. The zero-order valence-corrected chi connectivity index (χ0v) is 10.3. The van der Waals surface area contributed by atoms with E-state index >= 15 is 0 Å². The van der Waals surface area contributed by atoms with Crippen molar-refractivity contribution in [2.45, 2.75) is 24.8 Å². The first-order valence-corrected chi connectivity index (χ1v) is 6.69.